The molecule has 0 amide bonds. The average molecular weight is 225 g/mol. The van der Waals surface area contributed by atoms with Crippen LogP contribution < -0.4 is 0 Å². The Kier molecular flexibility index (Phi) is 3.76. The van der Waals surface area contributed by atoms with Crippen LogP contribution in [-0.4, -0.2) is 12.1 Å². The average Bonchev–Trinajstić information content (AvgIpc) is 2.67. The van der Waals surface area contributed by atoms with Crippen LogP contribution in [0.5, 0.6) is 0 Å². The molecule has 1 aliphatic carbocycles. The first-order valence-electron chi connectivity index (χ1n) is 5.73. The van der Waals surface area contributed by atoms with Crippen molar-refractivity contribution in [1.82, 2.24) is 4.98 Å². The van der Waals surface area contributed by atoms with Gasteiger partial charge in [0.25, 0.3) is 0 Å². The van der Waals surface area contributed by atoms with E-state index in [0.717, 1.165) is 11.6 Å². The maximum Gasteiger partial charge on any atom is 0.0960 e. The molecule has 0 saturated heterocycles. The van der Waals surface area contributed by atoms with E-state index < -0.39 is 0 Å². The Labute approximate surface area is 95.7 Å². The minimum Gasteiger partial charge on any atom is -0.378 e. The summed E-state index contributed by atoms with van der Waals surface area (Å²) in [5.74, 6) is 1.59. The summed E-state index contributed by atoms with van der Waals surface area (Å²) in [4.78, 5) is 4.65. The second kappa shape index (κ2) is 5.08. The zero-order valence-electron chi connectivity index (χ0n) is 9.53. The lowest BCUT2D eigenvalue weighted by molar-refractivity contribution is 0.181. The quantitative estimate of drug-likeness (QED) is 0.784. The van der Waals surface area contributed by atoms with E-state index in [0.29, 0.717) is 12.5 Å². The van der Waals surface area contributed by atoms with E-state index in [4.69, 9.17) is 4.74 Å². The molecule has 1 aliphatic rings. The molecule has 3 heteroatoms. The van der Waals surface area contributed by atoms with Crippen LogP contribution in [0.1, 0.15) is 49.2 Å². The van der Waals surface area contributed by atoms with Crippen LogP contribution in [0.25, 0.3) is 0 Å². The summed E-state index contributed by atoms with van der Waals surface area (Å²) < 4.78 is 5.09. The molecule has 0 N–H and O–H groups in total. The largest absolute Gasteiger partial charge is 0.378 e. The van der Waals surface area contributed by atoms with Gasteiger partial charge in [0.05, 0.1) is 17.3 Å². The number of hydrogen-bond acceptors (Lipinski definition) is 3. The van der Waals surface area contributed by atoms with Gasteiger partial charge in [0.1, 0.15) is 0 Å². The Morgan fingerprint density at radius 3 is 3.13 bits per heavy atom. The highest BCUT2D eigenvalue weighted by atomic mass is 32.1. The fourth-order valence-corrected chi connectivity index (χ4v) is 3.34. The monoisotopic (exact) mass is 225 g/mol. The number of hydrogen-bond donors (Lipinski definition) is 0. The lowest BCUT2D eigenvalue weighted by Crippen LogP contribution is -2.11. The topological polar surface area (TPSA) is 22.1 Å². The first-order chi connectivity index (χ1) is 7.29. The van der Waals surface area contributed by atoms with E-state index in [1.165, 1.54) is 30.7 Å². The van der Waals surface area contributed by atoms with Crippen molar-refractivity contribution in [1.29, 1.82) is 0 Å². The van der Waals surface area contributed by atoms with E-state index in [2.05, 4.69) is 17.3 Å². The fraction of sp³-hybridized carbons (Fsp3) is 0.750. The van der Waals surface area contributed by atoms with E-state index >= 15 is 0 Å². The summed E-state index contributed by atoms with van der Waals surface area (Å²) in [6, 6.07) is 0. The van der Waals surface area contributed by atoms with Gasteiger partial charge in [0, 0.05) is 18.4 Å². The highest BCUT2D eigenvalue weighted by Crippen LogP contribution is 2.37. The first-order valence-corrected chi connectivity index (χ1v) is 6.60. The molecule has 0 radical (unpaired) electrons. The van der Waals surface area contributed by atoms with Crippen LogP contribution in [0.15, 0.2) is 5.38 Å². The minimum atomic E-state index is 0.652. The van der Waals surface area contributed by atoms with Gasteiger partial charge < -0.3 is 4.74 Å². The number of thiazole rings is 1. The van der Waals surface area contributed by atoms with Gasteiger partial charge in [-0.25, -0.2) is 4.98 Å². The van der Waals surface area contributed by atoms with Crippen molar-refractivity contribution >= 4 is 11.3 Å². The first kappa shape index (κ1) is 11.1. The van der Waals surface area contributed by atoms with Crippen molar-refractivity contribution in [2.45, 2.75) is 45.1 Å². The Balaban J connectivity index is 2.01. The molecule has 0 spiro atoms. The molecule has 2 atom stereocenters. The lowest BCUT2D eigenvalue weighted by atomic mass is 9.83. The molecule has 0 bridgehead atoms. The number of aromatic nitrogens is 1. The van der Waals surface area contributed by atoms with Gasteiger partial charge in [-0.3, -0.25) is 0 Å². The van der Waals surface area contributed by atoms with Crippen LogP contribution in [0.3, 0.4) is 0 Å². The van der Waals surface area contributed by atoms with Crippen LogP contribution >= 0.6 is 11.3 Å². The maximum absolute atomic E-state index is 5.09. The van der Waals surface area contributed by atoms with Crippen molar-refractivity contribution in [3.8, 4) is 0 Å². The molecule has 15 heavy (non-hydrogen) atoms. The molecule has 1 heterocycles. The van der Waals surface area contributed by atoms with Gasteiger partial charge in [-0.1, -0.05) is 19.8 Å². The van der Waals surface area contributed by atoms with Crippen molar-refractivity contribution in [3.63, 3.8) is 0 Å². The number of nitrogens with zero attached hydrogens (tertiary/aromatic N) is 1. The van der Waals surface area contributed by atoms with Gasteiger partial charge >= 0.3 is 0 Å². The second-order valence-corrected chi connectivity index (χ2v) is 5.47. The predicted octanol–water partition coefficient (Wildman–Crippen LogP) is 3.58. The number of ether oxygens (including phenoxy) is 1. The fourth-order valence-electron chi connectivity index (χ4n) is 2.38. The summed E-state index contributed by atoms with van der Waals surface area (Å²) in [6.45, 7) is 3.01. The zero-order valence-corrected chi connectivity index (χ0v) is 10.3. The van der Waals surface area contributed by atoms with Crippen molar-refractivity contribution in [3.05, 3.63) is 16.1 Å². The van der Waals surface area contributed by atoms with Crippen LogP contribution in [0.2, 0.25) is 0 Å². The summed E-state index contributed by atoms with van der Waals surface area (Å²) in [5.41, 5.74) is 1.09. The Bertz CT molecular complexity index is 310. The molecule has 2 rings (SSSR count). The number of methoxy groups -OCH3 is 1. The van der Waals surface area contributed by atoms with E-state index in [9.17, 15) is 0 Å². The van der Waals surface area contributed by atoms with Crippen LogP contribution in [0.4, 0.5) is 0 Å². The van der Waals surface area contributed by atoms with Gasteiger partial charge in [0.15, 0.2) is 0 Å². The third-order valence-corrected chi connectivity index (χ3v) is 4.20. The molecule has 0 aliphatic heterocycles. The summed E-state index contributed by atoms with van der Waals surface area (Å²) in [6.07, 6.45) is 5.40. The van der Waals surface area contributed by atoms with Gasteiger partial charge in [-0.2, -0.15) is 0 Å². The molecule has 1 fully saturated rings. The predicted molar refractivity (Wildman–Crippen MR) is 63.2 cm³/mol. The molecular weight excluding hydrogens is 206 g/mol. The zero-order chi connectivity index (χ0) is 10.7. The molecule has 2 nitrogen and oxygen atoms in total. The molecular formula is C12H19NOS. The molecule has 84 valence electrons. The molecule has 1 aromatic heterocycles. The van der Waals surface area contributed by atoms with E-state index in [1.54, 1.807) is 18.4 Å². The lowest BCUT2D eigenvalue weighted by Gasteiger charge is -2.24. The molecule has 2 unspecified atom stereocenters. The summed E-state index contributed by atoms with van der Waals surface area (Å²) in [7, 11) is 1.72. The SMILES string of the molecule is COCc1csc(C2CCCC(C)C2)n1. The highest BCUT2D eigenvalue weighted by molar-refractivity contribution is 7.09. The van der Waals surface area contributed by atoms with E-state index in [-0.39, 0.29) is 0 Å². The van der Waals surface area contributed by atoms with Crippen molar-refractivity contribution in [2.24, 2.45) is 5.92 Å². The smallest absolute Gasteiger partial charge is 0.0960 e. The van der Waals surface area contributed by atoms with Gasteiger partial charge in [-0.15, -0.1) is 11.3 Å². The molecule has 1 saturated carbocycles. The number of rotatable bonds is 3. The maximum atomic E-state index is 5.09. The third kappa shape index (κ3) is 2.79. The molecule has 0 aromatic carbocycles. The van der Waals surface area contributed by atoms with Crippen molar-refractivity contribution in [2.75, 3.05) is 7.11 Å². The Morgan fingerprint density at radius 2 is 2.40 bits per heavy atom. The van der Waals surface area contributed by atoms with Crippen molar-refractivity contribution < 1.29 is 4.74 Å². The minimum absolute atomic E-state index is 0.652. The van der Waals surface area contributed by atoms with Crippen LogP contribution in [0, 0.1) is 5.92 Å². The van der Waals surface area contributed by atoms with E-state index in [1.807, 2.05) is 0 Å². The Hall–Kier alpha value is -0.410. The van der Waals surface area contributed by atoms with Crippen LogP contribution in [-0.2, 0) is 11.3 Å². The summed E-state index contributed by atoms with van der Waals surface area (Å²) in [5, 5.41) is 3.46. The second-order valence-electron chi connectivity index (χ2n) is 4.58. The molecule has 1 aromatic rings. The highest BCUT2D eigenvalue weighted by Gasteiger charge is 2.22. The summed E-state index contributed by atoms with van der Waals surface area (Å²) >= 11 is 1.81. The normalized spacial score (nSPS) is 26.8. The Morgan fingerprint density at radius 1 is 1.53 bits per heavy atom. The third-order valence-electron chi connectivity index (χ3n) is 3.15. The standard InChI is InChI=1S/C12H19NOS/c1-9-4-3-5-10(6-9)12-13-11(7-14-2)8-15-12/h8-10H,3-7H2,1-2H3. The van der Waals surface area contributed by atoms with Gasteiger partial charge in [0.2, 0.25) is 0 Å². The van der Waals surface area contributed by atoms with Gasteiger partial charge in [-0.05, 0) is 18.8 Å².